The molecule has 0 spiro atoms. The van der Waals surface area contributed by atoms with Gasteiger partial charge in [-0.2, -0.15) is 0 Å². The van der Waals surface area contributed by atoms with Gasteiger partial charge in [-0.1, -0.05) is 13.3 Å². The number of nitrogens with one attached hydrogen (secondary N) is 1. The fraction of sp³-hybridized carbons (Fsp3) is 0.933. The fourth-order valence-electron chi connectivity index (χ4n) is 1.71. The molecular weight excluding hydrogens is 240 g/mol. The summed E-state index contributed by atoms with van der Waals surface area (Å²) in [6.45, 7) is 7.23. The molecule has 4 nitrogen and oxygen atoms in total. The van der Waals surface area contributed by atoms with Crippen LogP contribution in [-0.2, 0) is 9.53 Å². The molecule has 1 unspecified atom stereocenters. The second-order valence-electron chi connectivity index (χ2n) is 5.43. The van der Waals surface area contributed by atoms with E-state index >= 15 is 0 Å². The van der Waals surface area contributed by atoms with Crippen LogP contribution in [0.15, 0.2) is 0 Å². The molecule has 0 aromatic rings. The zero-order valence-electron chi connectivity index (χ0n) is 13.2. The molecule has 0 bridgehead atoms. The van der Waals surface area contributed by atoms with Crippen LogP contribution in [0.1, 0.15) is 52.4 Å². The first-order valence-corrected chi connectivity index (χ1v) is 7.61. The minimum atomic E-state index is -0.0479. The highest BCUT2D eigenvalue weighted by atomic mass is 16.5. The van der Waals surface area contributed by atoms with Gasteiger partial charge in [-0.15, -0.1) is 0 Å². The van der Waals surface area contributed by atoms with Crippen LogP contribution < -0.4 is 5.32 Å². The summed E-state index contributed by atoms with van der Waals surface area (Å²) in [6, 6.07) is 0. The summed E-state index contributed by atoms with van der Waals surface area (Å²) in [5.41, 5.74) is 0. The molecular formula is C15H32N2O2. The van der Waals surface area contributed by atoms with E-state index in [1.807, 2.05) is 13.8 Å². The van der Waals surface area contributed by atoms with Gasteiger partial charge >= 0.3 is 5.97 Å². The van der Waals surface area contributed by atoms with Crippen molar-refractivity contribution in [3.8, 4) is 0 Å². The van der Waals surface area contributed by atoms with Gasteiger partial charge in [0.1, 0.15) is 0 Å². The molecule has 0 fully saturated rings. The highest BCUT2D eigenvalue weighted by molar-refractivity contribution is 5.69. The first-order valence-electron chi connectivity index (χ1n) is 7.61. The molecule has 0 amide bonds. The van der Waals surface area contributed by atoms with Crippen LogP contribution in [0, 0.1) is 0 Å². The first kappa shape index (κ1) is 18.4. The van der Waals surface area contributed by atoms with Crippen LogP contribution in [0.25, 0.3) is 0 Å². The number of rotatable bonds is 12. The average molecular weight is 272 g/mol. The van der Waals surface area contributed by atoms with Gasteiger partial charge in [0.2, 0.25) is 0 Å². The van der Waals surface area contributed by atoms with Crippen LogP contribution in [0.5, 0.6) is 0 Å². The predicted octanol–water partition coefficient (Wildman–Crippen LogP) is 2.43. The van der Waals surface area contributed by atoms with E-state index in [1.54, 1.807) is 0 Å². The Morgan fingerprint density at radius 3 is 2.47 bits per heavy atom. The van der Waals surface area contributed by atoms with Gasteiger partial charge < -0.3 is 15.0 Å². The normalized spacial score (nSPS) is 12.7. The van der Waals surface area contributed by atoms with E-state index in [-0.39, 0.29) is 12.1 Å². The van der Waals surface area contributed by atoms with Crippen molar-refractivity contribution in [3.63, 3.8) is 0 Å². The summed E-state index contributed by atoms with van der Waals surface area (Å²) >= 11 is 0. The van der Waals surface area contributed by atoms with Crippen molar-refractivity contribution in [2.24, 2.45) is 0 Å². The van der Waals surface area contributed by atoms with Crippen LogP contribution in [0.3, 0.4) is 0 Å². The summed E-state index contributed by atoms with van der Waals surface area (Å²) in [6.07, 6.45) is 5.87. The largest absolute Gasteiger partial charge is 0.463 e. The molecule has 1 N–H and O–H groups in total. The third-order valence-corrected chi connectivity index (χ3v) is 3.10. The third kappa shape index (κ3) is 13.6. The lowest BCUT2D eigenvalue weighted by Gasteiger charge is -2.11. The lowest BCUT2D eigenvalue weighted by molar-refractivity contribution is -0.148. The summed E-state index contributed by atoms with van der Waals surface area (Å²) in [5, 5.41) is 3.43. The molecule has 114 valence electrons. The number of carbonyl (C=O) groups is 1. The van der Waals surface area contributed by atoms with Gasteiger partial charge in [0.25, 0.3) is 0 Å². The zero-order valence-corrected chi connectivity index (χ0v) is 13.2. The zero-order chi connectivity index (χ0) is 14.5. The van der Waals surface area contributed by atoms with Crippen LogP contribution in [-0.4, -0.2) is 50.7 Å². The van der Waals surface area contributed by atoms with Gasteiger partial charge in [-0.05, 0) is 66.3 Å². The Kier molecular flexibility index (Phi) is 12.0. The molecule has 19 heavy (non-hydrogen) atoms. The fourth-order valence-corrected chi connectivity index (χ4v) is 1.71. The van der Waals surface area contributed by atoms with E-state index in [4.69, 9.17) is 4.74 Å². The number of carbonyl (C=O) groups excluding carboxylic acids is 1. The van der Waals surface area contributed by atoms with Crippen molar-refractivity contribution in [3.05, 3.63) is 0 Å². The van der Waals surface area contributed by atoms with Crippen molar-refractivity contribution in [1.82, 2.24) is 10.2 Å². The number of hydrogen-bond acceptors (Lipinski definition) is 4. The maximum absolute atomic E-state index is 11.4. The van der Waals surface area contributed by atoms with E-state index < -0.39 is 0 Å². The van der Waals surface area contributed by atoms with Crippen LogP contribution in [0.4, 0.5) is 0 Å². The summed E-state index contributed by atoms with van der Waals surface area (Å²) in [5.74, 6) is -0.0479. The standard InChI is InChI=1S/C15H32N2O2/c1-5-14(2)19-15(18)10-7-6-8-11-16-12-9-13-17(3)4/h14,16H,5-13H2,1-4H3. The number of esters is 1. The predicted molar refractivity (Wildman–Crippen MR) is 80.4 cm³/mol. The smallest absolute Gasteiger partial charge is 0.306 e. The Hall–Kier alpha value is -0.610. The topological polar surface area (TPSA) is 41.6 Å². The van der Waals surface area contributed by atoms with E-state index in [2.05, 4.69) is 24.3 Å². The molecule has 1 atom stereocenters. The molecule has 0 heterocycles. The van der Waals surface area contributed by atoms with Crippen molar-refractivity contribution in [2.45, 2.75) is 58.5 Å². The van der Waals surface area contributed by atoms with Gasteiger partial charge in [-0.25, -0.2) is 0 Å². The quantitative estimate of drug-likeness (QED) is 0.438. The molecule has 0 aliphatic rings. The molecule has 0 aromatic carbocycles. The number of ether oxygens (including phenoxy) is 1. The minimum absolute atomic E-state index is 0.0479. The first-order chi connectivity index (χ1) is 9.06. The van der Waals surface area contributed by atoms with Crippen LogP contribution in [0.2, 0.25) is 0 Å². The average Bonchev–Trinajstić information content (AvgIpc) is 2.36. The molecule has 0 aliphatic carbocycles. The number of nitrogens with zero attached hydrogens (tertiary/aromatic N) is 1. The second-order valence-corrected chi connectivity index (χ2v) is 5.43. The maximum atomic E-state index is 11.4. The van der Waals surface area contributed by atoms with E-state index in [1.165, 1.54) is 6.42 Å². The van der Waals surface area contributed by atoms with Gasteiger partial charge in [-0.3, -0.25) is 4.79 Å². The van der Waals surface area contributed by atoms with Crippen molar-refractivity contribution in [1.29, 1.82) is 0 Å². The molecule has 0 rings (SSSR count). The van der Waals surface area contributed by atoms with E-state index in [0.29, 0.717) is 6.42 Å². The monoisotopic (exact) mass is 272 g/mol. The molecule has 0 aliphatic heterocycles. The van der Waals surface area contributed by atoms with Crippen LogP contribution >= 0.6 is 0 Å². The lowest BCUT2D eigenvalue weighted by Crippen LogP contribution is -2.22. The Balaban J connectivity index is 3.20. The Morgan fingerprint density at radius 2 is 1.84 bits per heavy atom. The minimum Gasteiger partial charge on any atom is -0.463 e. The van der Waals surface area contributed by atoms with Crippen molar-refractivity contribution < 1.29 is 9.53 Å². The molecule has 0 saturated heterocycles. The molecule has 4 heteroatoms. The SMILES string of the molecule is CCC(C)OC(=O)CCCCCNCCCN(C)C. The number of unbranched alkanes of at least 4 members (excludes halogenated alkanes) is 2. The lowest BCUT2D eigenvalue weighted by atomic mass is 10.2. The molecule has 0 saturated carbocycles. The number of hydrogen-bond donors (Lipinski definition) is 1. The highest BCUT2D eigenvalue weighted by Gasteiger charge is 2.06. The van der Waals surface area contributed by atoms with Crippen molar-refractivity contribution >= 4 is 5.97 Å². The Bertz CT molecular complexity index is 220. The van der Waals surface area contributed by atoms with Crippen molar-refractivity contribution in [2.75, 3.05) is 33.7 Å². The molecule has 0 radical (unpaired) electrons. The van der Waals surface area contributed by atoms with Gasteiger partial charge in [0, 0.05) is 6.42 Å². The summed E-state index contributed by atoms with van der Waals surface area (Å²) < 4.78 is 5.22. The van der Waals surface area contributed by atoms with Gasteiger partial charge in [0.15, 0.2) is 0 Å². The summed E-state index contributed by atoms with van der Waals surface area (Å²) in [7, 11) is 4.19. The summed E-state index contributed by atoms with van der Waals surface area (Å²) in [4.78, 5) is 13.6. The Morgan fingerprint density at radius 1 is 1.16 bits per heavy atom. The highest BCUT2D eigenvalue weighted by Crippen LogP contribution is 2.04. The van der Waals surface area contributed by atoms with E-state index in [0.717, 1.165) is 45.3 Å². The van der Waals surface area contributed by atoms with E-state index in [9.17, 15) is 4.79 Å². The third-order valence-electron chi connectivity index (χ3n) is 3.10. The molecule has 0 aromatic heterocycles. The maximum Gasteiger partial charge on any atom is 0.306 e. The second kappa shape index (κ2) is 12.4. The Labute approximate surface area is 118 Å². The van der Waals surface area contributed by atoms with Gasteiger partial charge in [0.05, 0.1) is 6.10 Å².